The summed E-state index contributed by atoms with van der Waals surface area (Å²) in [5.74, 6) is 5.07. The number of hydrogen-bond acceptors (Lipinski definition) is 2. The van der Waals surface area contributed by atoms with Crippen LogP contribution in [0.5, 0.6) is 0 Å². The molecule has 0 heterocycles. The SMILES string of the molecule is C/C=C/c1ccccc1/C=N\N. The zero-order valence-corrected chi connectivity index (χ0v) is 7.07. The summed E-state index contributed by atoms with van der Waals surface area (Å²) in [4.78, 5) is 0. The molecular weight excluding hydrogens is 148 g/mol. The predicted molar refractivity (Wildman–Crippen MR) is 52.9 cm³/mol. The van der Waals surface area contributed by atoms with Crippen molar-refractivity contribution in [3.05, 3.63) is 41.5 Å². The van der Waals surface area contributed by atoms with E-state index in [0.717, 1.165) is 11.1 Å². The summed E-state index contributed by atoms with van der Waals surface area (Å²) in [6, 6.07) is 7.95. The minimum absolute atomic E-state index is 1.04. The first kappa shape index (κ1) is 8.53. The van der Waals surface area contributed by atoms with Crippen LogP contribution in [0, 0.1) is 0 Å². The molecule has 0 aliphatic rings. The van der Waals surface area contributed by atoms with Crippen molar-refractivity contribution in [2.45, 2.75) is 6.92 Å². The Bertz CT molecular complexity index is 269. The first-order chi connectivity index (χ1) is 5.88. The van der Waals surface area contributed by atoms with E-state index in [4.69, 9.17) is 5.84 Å². The second-order valence-corrected chi connectivity index (χ2v) is 2.41. The Hall–Kier alpha value is -1.57. The fourth-order valence-electron chi connectivity index (χ4n) is 1.04. The quantitative estimate of drug-likeness (QED) is 0.401. The van der Waals surface area contributed by atoms with Crippen molar-refractivity contribution in [3.8, 4) is 0 Å². The maximum absolute atomic E-state index is 5.07. The highest BCUT2D eigenvalue weighted by molar-refractivity contribution is 5.85. The normalized spacial score (nSPS) is 11.4. The molecule has 0 aliphatic carbocycles. The molecule has 0 unspecified atom stereocenters. The molecule has 0 amide bonds. The Labute approximate surface area is 72.4 Å². The topological polar surface area (TPSA) is 38.4 Å². The molecule has 12 heavy (non-hydrogen) atoms. The lowest BCUT2D eigenvalue weighted by atomic mass is 10.1. The summed E-state index contributed by atoms with van der Waals surface area (Å²) >= 11 is 0. The van der Waals surface area contributed by atoms with E-state index in [1.165, 1.54) is 0 Å². The van der Waals surface area contributed by atoms with E-state index in [1.54, 1.807) is 6.21 Å². The Balaban J connectivity index is 3.08. The van der Waals surface area contributed by atoms with Crippen LogP contribution in [0.15, 0.2) is 35.4 Å². The van der Waals surface area contributed by atoms with Gasteiger partial charge in [0.15, 0.2) is 0 Å². The molecule has 0 aromatic heterocycles. The van der Waals surface area contributed by atoms with Gasteiger partial charge in [-0.05, 0) is 12.5 Å². The average molecular weight is 160 g/mol. The number of rotatable bonds is 2. The Morgan fingerprint density at radius 3 is 2.50 bits per heavy atom. The van der Waals surface area contributed by atoms with Crippen molar-refractivity contribution < 1.29 is 0 Å². The molecule has 0 fully saturated rings. The highest BCUT2D eigenvalue weighted by Crippen LogP contribution is 2.07. The van der Waals surface area contributed by atoms with E-state index in [1.807, 2.05) is 43.3 Å². The zero-order valence-electron chi connectivity index (χ0n) is 7.07. The van der Waals surface area contributed by atoms with Gasteiger partial charge in [-0.3, -0.25) is 0 Å². The number of nitrogens with zero attached hydrogens (tertiary/aromatic N) is 1. The van der Waals surface area contributed by atoms with Crippen LogP contribution in [0.1, 0.15) is 18.1 Å². The van der Waals surface area contributed by atoms with Crippen molar-refractivity contribution in [2.75, 3.05) is 0 Å². The first-order valence-electron chi connectivity index (χ1n) is 3.83. The van der Waals surface area contributed by atoms with E-state index in [9.17, 15) is 0 Å². The van der Waals surface area contributed by atoms with E-state index >= 15 is 0 Å². The standard InChI is InChI=1S/C10H12N2/c1-2-5-9-6-3-4-7-10(9)8-12-11/h2-8H,11H2,1H3/b5-2+,12-8-. The molecule has 0 bridgehead atoms. The van der Waals surface area contributed by atoms with Gasteiger partial charge in [0.25, 0.3) is 0 Å². The summed E-state index contributed by atoms with van der Waals surface area (Å²) in [5.41, 5.74) is 2.17. The molecule has 2 N–H and O–H groups in total. The van der Waals surface area contributed by atoms with Gasteiger partial charge in [-0.2, -0.15) is 5.10 Å². The van der Waals surface area contributed by atoms with Crippen LogP contribution in [0.3, 0.4) is 0 Å². The molecule has 62 valence electrons. The smallest absolute Gasteiger partial charge is 0.0544 e. The maximum Gasteiger partial charge on any atom is 0.0544 e. The molecule has 2 heteroatoms. The second kappa shape index (κ2) is 4.34. The molecule has 0 radical (unpaired) electrons. The highest BCUT2D eigenvalue weighted by atomic mass is 15.1. The number of benzene rings is 1. The maximum atomic E-state index is 5.07. The molecule has 0 atom stereocenters. The van der Waals surface area contributed by atoms with Gasteiger partial charge >= 0.3 is 0 Å². The van der Waals surface area contributed by atoms with Gasteiger partial charge in [0.05, 0.1) is 6.21 Å². The van der Waals surface area contributed by atoms with Crippen molar-refractivity contribution in [2.24, 2.45) is 10.9 Å². The van der Waals surface area contributed by atoms with Crippen molar-refractivity contribution in [1.29, 1.82) is 0 Å². The third kappa shape index (κ3) is 1.95. The van der Waals surface area contributed by atoms with Crippen molar-refractivity contribution in [3.63, 3.8) is 0 Å². The van der Waals surface area contributed by atoms with Crippen molar-refractivity contribution in [1.82, 2.24) is 0 Å². The third-order valence-corrected chi connectivity index (χ3v) is 1.56. The van der Waals surface area contributed by atoms with Crippen LogP contribution in [-0.2, 0) is 0 Å². The fraction of sp³-hybridized carbons (Fsp3) is 0.100. The number of hydrazone groups is 1. The largest absolute Gasteiger partial charge is 0.323 e. The Morgan fingerprint density at radius 2 is 1.92 bits per heavy atom. The van der Waals surface area contributed by atoms with Gasteiger partial charge in [0, 0.05) is 5.56 Å². The van der Waals surface area contributed by atoms with Crippen LogP contribution in [-0.4, -0.2) is 6.21 Å². The van der Waals surface area contributed by atoms with E-state index in [2.05, 4.69) is 5.10 Å². The van der Waals surface area contributed by atoms with Gasteiger partial charge in [0.2, 0.25) is 0 Å². The van der Waals surface area contributed by atoms with Crippen LogP contribution < -0.4 is 5.84 Å². The predicted octanol–water partition coefficient (Wildman–Crippen LogP) is 2.01. The summed E-state index contributed by atoms with van der Waals surface area (Å²) < 4.78 is 0. The number of nitrogens with two attached hydrogens (primary N) is 1. The molecule has 1 aromatic carbocycles. The van der Waals surface area contributed by atoms with Crippen molar-refractivity contribution >= 4 is 12.3 Å². The van der Waals surface area contributed by atoms with Gasteiger partial charge in [0.1, 0.15) is 0 Å². The average Bonchev–Trinajstić information content (AvgIpc) is 2.09. The van der Waals surface area contributed by atoms with Crippen LogP contribution in [0.25, 0.3) is 6.08 Å². The minimum Gasteiger partial charge on any atom is -0.323 e. The molecule has 0 aliphatic heterocycles. The van der Waals surface area contributed by atoms with E-state index in [0.29, 0.717) is 0 Å². The molecule has 2 nitrogen and oxygen atoms in total. The van der Waals surface area contributed by atoms with Gasteiger partial charge < -0.3 is 5.84 Å². The number of hydrogen-bond donors (Lipinski definition) is 1. The first-order valence-corrected chi connectivity index (χ1v) is 3.83. The van der Waals surface area contributed by atoms with E-state index < -0.39 is 0 Å². The Morgan fingerprint density at radius 1 is 1.25 bits per heavy atom. The number of allylic oxidation sites excluding steroid dienone is 1. The fourth-order valence-corrected chi connectivity index (χ4v) is 1.04. The lowest BCUT2D eigenvalue weighted by Gasteiger charge is -1.97. The van der Waals surface area contributed by atoms with Gasteiger partial charge in [-0.1, -0.05) is 36.4 Å². The van der Waals surface area contributed by atoms with Gasteiger partial charge in [-0.25, -0.2) is 0 Å². The molecule has 1 aromatic rings. The van der Waals surface area contributed by atoms with E-state index in [-0.39, 0.29) is 0 Å². The summed E-state index contributed by atoms with van der Waals surface area (Å²) in [7, 11) is 0. The molecule has 0 saturated heterocycles. The highest BCUT2D eigenvalue weighted by Gasteiger charge is 1.92. The minimum atomic E-state index is 1.04. The van der Waals surface area contributed by atoms with Crippen LogP contribution in [0.4, 0.5) is 0 Å². The molecule has 0 spiro atoms. The molecule has 0 saturated carbocycles. The summed E-state index contributed by atoms with van der Waals surface area (Å²) in [6.45, 7) is 1.98. The summed E-state index contributed by atoms with van der Waals surface area (Å²) in [5, 5.41) is 3.49. The second-order valence-electron chi connectivity index (χ2n) is 2.41. The van der Waals surface area contributed by atoms with Gasteiger partial charge in [-0.15, -0.1) is 0 Å². The zero-order chi connectivity index (χ0) is 8.81. The van der Waals surface area contributed by atoms with Crippen LogP contribution in [0.2, 0.25) is 0 Å². The third-order valence-electron chi connectivity index (χ3n) is 1.56. The molecular formula is C10H12N2. The monoisotopic (exact) mass is 160 g/mol. The van der Waals surface area contributed by atoms with Crippen LogP contribution >= 0.6 is 0 Å². The Kier molecular flexibility index (Phi) is 3.08. The molecule has 1 rings (SSSR count). The lowest BCUT2D eigenvalue weighted by Crippen LogP contribution is -1.89. The lowest BCUT2D eigenvalue weighted by molar-refractivity contribution is 1.26. The summed E-state index contributed by atoms with van der Waals surface area (Å²) in [6.07, 6.45) is 5.66.